The van der Waals surface area contributed by atoms with Crippen molar-refractivity contribution in [2.24, 2.45) is 0 Å². The van der Waals surface area contributed by atoms with Crippen LogP contribution in [-0.2, 0) is 25.2 Å². The van der Waals surface area contributed by atoms with Gasteiger partial charge in [0, 0.05) is 5.69 Å². The molecule has 0 aromatic heterocycles. The first-order chi connectivity index (χ1) is 11.6. The monoisotopic (exact) mass is 363 g/mol. The van der Waals surface area contributed by atoms with E-state index in [9.17, 15) is 9.59 Å². The van der Waals surface area contributed by atoms with Crippen molar-refractivity contribution in [3.05, 3.63) is 29.8 Å². The molecular formula is C19H29NO4Si. The van der Waals surface area contributed by atoms with Crippen molar-refractivity contribution in [2.45, 2.75) is 57.8 Å². The Morgan fingerprint density at radius 3 is 2.48 bits per heavy atom. The van der Waals surface area contributed by atoms with Gasteiger partial charge in [0.25, 0.3) is 0 Å². The molecule has 1 aliphatic heterocycles. The fraction of sp³-hybridized carbons (Fsp3) is 0.579. The highest BCUT2D eigenvalue weighted by Crippen LogP contribution is 2.38. The Bertz CT molecular complexity index is 651. The molecule has 0 saturated carbocycles. The quantitative estimate of drug-likeness (QED) is 0.456. The number of ether oxygens (including phenoxy) is 1. The predicted octanol–water partition coefficient (Wildman–Crippen LogP) is 3.53. The van der Waals surface area contributed by atoms with E-state index in [2.05, 4.69) is 38.6 Å². The van der Waals surface area contributed by atoms with Crippen molar-refractivity contribution in [1.82, 2.24) is 0 Å². The molecule has 1 heterocycles. The van der Waals surface area contributed by atoms with Crippen LogP contribution in [-0.4, -0.2) is 40.0 Å². The molecule has 1 aliphatic rings. The molecule has 0 spiro atoms. The zero-order chi connectivity index (χ0) is 18.8. The summed E-state index contributed by atoms with van der Waals surface area (Å²) in [6.45, 7) is 11.5. The van der Waals surface area contributed by atoms with Crippen LogP contribution < -0.4 is 4.90 Å². The first-order valence-corrected chi connectivity index (χ1v) is 11.6. The van der Waals surface area contributed by atoms with Gasteiger partial charge in [0.15, 0.2) is 8.32 Å². The smallest absolute Gasteiger partial charge is 0.315 e. The number of fused-ring (bicyclic) bond motifs is 1. The second-order valence-corrected chi connectivity index (χ2v) is 12.9. The molecule has 0 bridgehead atoms. The van der Waals surface area contributed by atoms with Crippen LogP contribution in [0, 0.1) is 0 Å². The number of para-hydroxylation sites is 1. The lowest BCUT2D eigenvalue weighted by Gasteiger charge is -2.38. The van der Waals surface area contributed by atoms with E-state index in [1.54, 1.807) is 4.90 Å². The largest absolute Gasteiger partial charge is 0.469 e. The van der Waals surface area contributed by atoms with Gasteiger partial charge in [0.2, 0.25) is 5.91 Å². The van der Waals surface area contributed by atoms with Crippen LogP contribution in [0.25, 0.3) is 0 Å². The van der Waals surface area contributed by atoms with Crippen molar-refractivity contribution in [1.29, 1.82) is 0 Å². The standard InChI is InChI=1S/C19H29NO4Si/c1-19(2,3)25(5,6)24-13-15-11-14-9-7-8-10-16(14)20(15)17(21)12-18(22)23-4/h7-10,15H,11-13H2,1-6H3. The molecule has 2 rings (SSSR count). The van der Waals surface area contributed by atoms with Crippen LogP contribution in [0.4, 0.5) is 5.69 Å². The van der Waals surface area contributed by atoms with Gasteiger partial charge >= 0.3 is 5.97 Å². The number of hydrogen-bond donors (Lipinski definition) is 0. The van der Waals surface area contributed by atoms with E-state index in [0.717, 1.165) is 17.7 Å². The molecule has 0 aliphatic carbocycles. The maximum Gasteiger partial charge on any atom is 0.315 e. The number of hydrogen-bond acceptors (Lipinski definition) is 4. The Labute approximate surface area is 151 Å². The minimum Gasteiger partial charge on any atom is -0.469 e. The SMILES string of the molecule is COC(=O)CC(=O)N1c2ccccc2CC1CO[Si](C)(C)C(C)(C)C. The van der Waals surface area contributed by atoms with E-state index < -0.39 is 14.3 Å². The number of benzene rings is 1. The number of amides is 1. The number of carbonyl (C=O) groups is 2. The normalized spacial score (nSPS) is 17.4. The second kappa shape index (κ2) is 7.29. The Balaban J connectivity index is 2.19. The Morgan fingerprint density at radius 1 is 1.24 bits per heavy atom. The Kier molecular flexibility index (Phi) is 5.74. The maximum absolute atomic E-state index is 12.7. The van der Waals surface area contributed by atoms with Crippen LogP contribution in [0.2, 0.25) is 18.1 Å². The maximum atomic E-state index is 12.7. The molecule has 138 valence electrons. The van der Waals surface area contributed by atoms with E-state index in [4.69, 9.17) is 4.43 Å². The highest BCUT2D eigenvalue weighted by Gasteiger charge is 2.40. The Hall–Kier alpha value is -1.66. The highest BCUT2D eigenvalue weighted by molar-refractivity contribution is 6.74. The molecule has 0 fully saturated rings. The molecular weight excluding hydrogens is 334 g/mol. The average molecular weight is 364 g/mol. The van der Waals surface area contributed by atoms with Gasteiger partial charge in [0.05, 0.1) is 19.8 Å². The highest BCUT2D eigenvalue weighted by atomic mass is 28.4. The number of esters is 1. The molecule has 1 unspecified atom stereocenters. The summed E-state index contributed by atoms with van der Waals surface area (Å²) in [4.78, 5) is 26.0. The fourth-order valence-electron chi connectivity index (χ4n) is 2.73. The van der Waals surface area contributed by atoms with Gasteiger partial charge in [-0.2, -0.15) is 0 Å². The molecule has 6 heteroatoms. The van der Waals surface area contributed by atoms with Crippen LogP contribution in [0.5, 0.6) is 0 Å². The summed E-state index contributed by atoms with van der Waals surface area (Å²) in [6, 6.07) is 7.76. The zero-order valence-electron chi connectivity index (χ0n) is 16.1. The van der Waals surface area contributed by atoms with Gasteiger partial charge in [-0.1, -0.05) is 39.0 Å². The van der Waals surface area contributed by atoms with E-state index in [-0.39, 0.29) is 23.4 Å². The summed E-state index contributed by atoms with van der Waals surface area (Å²) < 4.78 is 11.0. The van der Waals surface area contributed by atoms with Crippen molar-refractivity contribution in [3.8, 4) is 0 Å². The van der Waals surface area contributed by atoms with E-state index in [0.29, 0.717) is 6.61 Å². The molecule has 25 heavy (non-hydrogen) atoms. The van der Waals surface area contributed by atoms with Gasteiger partial charge in [-0.25, -0.2) is 0 Å². The third-order valence-electron chi connectivity index (χ3n) is 5.31. The minimum absolute atomic E-state index is 0.0799. The molecule has 0 N–H and O–H groups in total. The number of anilines is 1. The number of carbonyl (C=O) groups excluding carboxylic acids is 2. The van der Waals surface area contributed by atoms with Crippen molar-refractivity contribution in [3.63, 3.8) is 0 Å². The lowest BCUT2D eigenvalue weighted by Crippen LogP contribution is -2.47. The van der Waals surface area contributed by atoms with Crippen molar-refractivity contribution >= 4 is 25.9 Å². The molecule has 1 amide bonds. The molecule has 1 atom stereocenters. The van der Waals surface area contributed by atoms with Crippen molar-refractivity contribution < 1.29 is 18.8 Å². The third-order valence-corrected chi connectivity index (χ3v) is 9.81. The van der Waals surface area contributed by atoms with Crippen LogP contribution >= 0.6 is 0 Å². The van der Waals surface area contributed by atoms with Crippen LogP contribution in [0.3, 0.4) is 0 Å². The molecule has 1 aromatic carbocycles. The van der Waals surface area contributed by atoms with Crippen LogP contribution in [0.15, 0.2) is 24.3 Å². The molecule has 5 nitrogen and oxygen atoms in total. The molecule has 1 aromatic rings. The van der Waals surface area contributed by atoms with Gasteiger partial charge < -0.3 is 14.1 Å². The van der Waals surface area contributed by atoms with E-state index in [1.807, 2.05) is 24.3 Å². The summed E-state index contributed by atoms with van der Waals surface area (Å²) >= 11 is 0. The second-order valence-electron chi connectivity index (χ2n) is 8.07. The predicted molar refractivity (Wildman–Crippen MR) is 101 cm³/mol. The summed E-state index contributed by atoms with van der Waals surface area (Å²) in [5, 5.41) is 0.110. The lowest BCUT2D eigenvalue weighted by atomic mass is 10.1. The first kappa shape index (κ1) is 19.7. The van der Waals surface area contributed by atoms with Gasteiger partial charge in [-0.05, 0) is 36.2 Å². The summed E-state index contributed by atoms with van der Waals surface area (Å²) in [7, 11) is -0.611. The van der Waals surface area contributed by atoms with Gasteiger partial charge in [0.1, 0.15) is 6.42 Å². The van der Waals surface area contributed by atoms with Gasteiger partial charge in [-0.3, -0.25) is 9.59 Å². The third kappa shape index (κ3) is 4.30. The number of methoxy groups -OCH3 is 1. The molecule has 0 radical (unpaired) electrons. The van der Waals surface area contributed by atoms with E-state index in [1.165, 1.54) is 7.11 Å². The fourth-order valence-corrected chi connectivity index (χ4v) is 3.78. The average Bonchev–Trinajstić information content (AvgIpc) is 2.90. The zero-order valence-corrected chi connectivity index (χ0v) is 17.1. The summed E-state index contributed by atoms with van der Waals surface area (Å²) in [6.07, 6.45) is 0.499. The molecule has 0 saturated heterocycles. The lowest BCUT2D eigenvalue weighted by molar-refractivity contribution is -0.143. The topological polar surface area (TPSA) is 55.8 Å². The van der Waals surface area contributed by atoms with Gasteiger partial charge in [-0.15, -0.1) is 0 Å². The van der Waals surface area contributed by atoms with Crippen LogP contribution in [0.1, 0.15) is 32.8 Å². The summed E-state index contributed by atoms with van der Waals surface area (Å²) in [5.74, 6) is -0.751. The van der Waals surface area contributed by atoms with Crippen molar-refractivity contribution in [2.75, 3.05) is 18.6 Å². The van der Waals surface area contributed by atoms with E-state index >= 15 is 0 Å². The summed E-state index contributed by atoms with van der Waals surface area (Å²) in [5.41, 5.74) is 1.99. The first-order valence-electron chi connectivity index (χ1n) is 8.67. The number of nitrogens with zero attached hydrogens (tertiary/aromatic N) is 1. The number of rotatable bonds is 5. The minimum atomic E-state index is -1.91. The Morgan fingerprint density at radius 2 is 1.88 bits per heavy atom.